The molecule has 0 aromatic heterocycles. The normalized spacial score (nSPS) is 8.22. The first-order valence-corrected chi connectivity index (χ1v) is 2.82. The number of hydrogen-bond acceptors (Lipinski definition) is 0. The molecule has 0 aliphatic carbocycles. The van der Waals surface area contributed by atoms with Gasteiger partial charge in [0.2, 0.25) is 0 Å². The van der Waals surface area contributed by atoms with Crippen molar-refractivity contribution in [2.75, 3.05) is 0 Å². The van der Waals surface area contributed by atoms with E-state index in [0.717, 1.165) is 0 Å². The SMILES string of the molecule is Cc1cccc(C)c1.[Rh]. The van der Waals surface area contributed by atoms with Crippen LogP contribution in [-0.4, -0.2) is 0 Å². The van der Waals surface area contributed by atoms with Gasteiger partial charge in [0.25, 0.3) is 0 Å². The molecule has 9 heavy (non-hydrogen) atoms. The molecule has 0 atom stereocenters. The third-order valence-corrected chi connectivity index (χ3v) is 1.17. The predicted octanol–water partition coefficient (Wildman–Crippen LogP) is 2.30. The summed E-state index contributed by atoms with van der Waals surface area (Å²) in [5.41, 5.74) is 2.68. The Kier molecular flexibility index (Phi) is 3.73. The Labute approximate surface area is 69.0 Å². The van der Waals surface area contributed by atoms with Crippen molar-refractivity contribution in [1.29, 1.82) is 0 Å². The zero-order chi connectivity index (χ0) is 5.98. The Morgan fingerprint density at radius 2 is 1.44 bits per heavy atom. The molecule has 0 saturated heterocycles. The summed E-state index contributed by atoms with van der Waals surface area (Å²) in [6.45, 7) is 4.21. The number of aryl methyl sites for hydroxylation is 2. The predicted molar refractivity (Wildman–Crippen MR) is 35.9 cm³/mol. The van der Waals surface area contributed by atoms with Crippen molar-refractivity contribution in [3.05, 3.63) is 35.4 Å². The van der Waals surface area contributed by atoms with Crippen LogP contribution in [-0.2, 0) is 19.5 Å². The van der Waals surface area contributed by atoms with Crippen molar-refractivity contribution < 1.29 is 19.5 Å². The van der Waals surface area contributed by atoms with Crippen LogP contribution in [0.2, 0.25) is 0 Å². The molecule has 0 heterocycles. The standard InChI is InChI=1S/C8H10.Rh/c1-7-4-3-5-8(2)6-7;/h3-6H,1-2H3;. The average Bonchev–Trinajstić information content (AvgIpc) is 1.64. The zero-order valence-electron chi connectivity index (χ0n) is 5.64. The van der Waals surface area contributed by atoms with Crippen LogP contribution in [0.4, 0.5) is 0 Å². The largest absolute Gasteiger partial charge is 0.0617 e. The molecule has 0 saturated carbocycles. The molecule has 0 aliphatic heterocycles. The molecule has 1 heteroatoms. The number of benzene rings is 1. The third-order valence-electron chi connectivity index (χ3n) is 1.17. The summed E-state index contributed by atoms with van der Waals surface area (Å²) in [6.07, 6.45) is 0. The summed E-state index contributed by atoms with van der Waals surface area (Å²) >= 11 is 0. The van der Waals surface area contributed by atoms with Gasteiger partial charge in [0.1, 0.15) is 0 Å². The molecule has 1 radical (unpaired) electrons. The molecular weight excluding hydrogens is 199 g/mol. The van der Waals surface area contributed by atoms with Crippen LogP contribution in [0.1, 0.15) is 11.1 Å². The topological polar surface area (TPSA) is 0 Å². The van der Waals surface area contributed by atoms with Gasteiger partial charge in [-0.3, -0.25) is 0 Å². The van der Waals surface area contributed by atoms with E-state index in [9.17, 15) is 0 Å². The number of hydrogen-bond donors (Lipinski definition) is 0. The Balaban J connectivity index is 0.000000640. The molecule has 0 spiro atoms. The van der Waals surface area contributed by atoms with E-state index < -0.39 is 0 Å². The van der Waals surface area contributed by atoms with E-state index in [-0.39, 0.29) is 19.5 Å². The summed E-state index contributed by atoms with van der Waals surface area (Å²) in [7, 11) is 0. The van der Waals surface area contributed by atoms with Crippen molar-refractivity contribution in [2.45, 2.75) is 13.8 Å². The maximum Gasteiger partial charge on any atom is 0 e. The molecule has 1 rings (SSSR count). The molecule has 51 valence electrons. The van der Waals surface area contributed by atoms with Gasteiger partial charge in [0.15, 0.2) is 0 Å². The molecule has 0 fully saturated rings. The minimum Gasteiger partial charge on any atom is -0.0617 e. The molecule has 0 bridgehead atoms. The Morgan fingerprint density at radius 3 is 1.67 bits per heavy atom. The second kappa shape index (κ2) is 3.79. The van der Waals surface area contributed by atoms with Crippen LogP contribution < -0.4 is 0 Å². The van der Waals surface area contributed by atoms with Gasteiger partial charge in [0, 0.05) is 19.5 Å². The summed E-state index contributed by atoms with van der Waals surface area (Å²) in [5.74, 6) is 0. The van der Waals surface area contributed by atoms with Crippen molar-refractivity contribution in [3.63, 3.8) is 0 Å². The molecular formula is C8H10Rh. The van der Waals surface area contributed by atoms with Gasteiger partial charge in [-0.25, -0.2) is 0 Å². The molecule has 0 nitrogen and oxygen atoms in total. The Morgan fingerprint density at radius 1 is 1.00 bits per heavy atom. The number of rotatable bonds is 0. The molecule has 0 unspecified atom stereocenters. The first-order chi connectivity index (χ1) is 3.79. The van der Waals surface area contributed by atoms with Crippen molar-refractivity contribution >= 4 is 0 Å². The fourth-order valence-corrected chi connectivity index (χ4v) is 0.807. The summed E-state index contributed by atoms with van der Waals surface area (Å²) in [4.78, 5) is 0. The van der Waals surface area contributed by atoms with Crippen molar-refractivity contribution in [1.82, 2.24) is 0 Å². The molecule has 1 aromatic rings. The first-order valence-electron chi connectivity index (χ1n) is 2.82. The van der Waals surface area contributed by atoms with Crippen LogP contribution in [0.5, 0.6) is 0 Å². The van der Waals surface area contributed by atoms with Crippen LogP contribution in [0, 0.1) is 13.8 Å². The summed E-state index contributed by atoms with van der Waals surface area (Å²) < 4.78 is 0. The molecule has 1 aromatic carbocycles. The van der Waals surface area contributed by atoms with Crippen LogP contribution in [0.15, 0.2) is 24.3 Å². The maximum atomic E-state index is 2.17. The fraction of sp³-hybridized carbons (Fsp3) is 0.250. The van der Waals surface area contributed by atoms with Gasteiger partial charge in [-0.15, -0.1) is 0 Å². The van der Waals surface area contributed by atoms with E-state index in [1.54, 1.807) is 0 Å². The Hall–Kier alpha value is -0.157. The van der Waals surface area contributed by atoms with E-state index in [1.165, 1.54) is 11.1 Å². The van der Waals surface area contributed by atoms with E-state index >= 15 is 0 Å². The zero-order valence-corrected chi connectivity index (χ0v) is 7.28. The average molecular weight is 209 g/mol. The first kappa shape index (κ1) is 8.84. The monoisotopic (exact) mass is 209 g/mol. The van der Waals surface area contributed by atoms with Crippen LogP contribution >= 0.6 is 0 Å². The van der Waals surface area contributed by atoms with Crippen LogP contribution in [0.3, 0.4) is 0 Å². The third kappa shape index (κ3) is 2.76. The van der Waals surface area contributed by atoms with Gasteiger partial charge >= 0.3 is 0 Å². The van der Waals surface area contributed by atoms with Crippen LogP contribution in [0.25, 0.3) is 0 Å². The maximum absolute atomic E-state index is 2.17. The van der Waals surface area contributed by atoms with E-state index in [0.29, 0.717) is 0 Å². The summed E-state index contributed by atoms with van der Waals surface area (Å²) in [6, 6.07) is 8.45. The Bertz CT molecular complexity index is 164. The van der Waals surface area contributed by atoms with Gasteiger partial charge in [-0.1, -0.05) is 35.4 Å². The molecule has 0 amide bonds. The van der Waals surface area contributed by atoms with E-state index in [2.05, 4.69) is 38.1 Å². The van der Waals surface area contributed by atoms with Gasteiger partial charge in [0.05, 0.1) is 0 Å². The second-order valence-corrected chi connectivity index (χ2v) is 2.16. The van der Waals surface area contributed by atoms with Crippen molar-refractivity contribution in [2.24, 2.45) is 0 Å². The minimum atomic E-state index is 0. The minimum absolute atomic E-state index is 0. The van der Waals surface area contributed by atoms with Crippen molar-refractivity contribution in [3.8, 4) is 0 Å². The molecule has 0 N–H and O–H groups in total. The fourth-order valence-electron chi connectivity index (χ4n) is 0.807. The summed E-state index contributed by atoms with van der Waals surface area (Å²) in [5, 5.41) is 0. The quantitative estimate of drug-likeness (QED) is 0.575. The second-order valence-electron chi connectivity index (χ2n) is 2.16. The van der Waals surface area contributed by atoms with Gasteiger partial charge in [-0.2, -0.15) is 0 Å². The molecule has 0 aliphatic rings. The van der Waals surface area contributed by atoms with E-state index in [1.807, 2.05) is 0 Å². The van der Waals surface area contributed by atoms with Gasteiger partial charge in [-0.05, 0) is 13.8 Å². The van der Waals surface area contributed by atoms with Gasteiger partial charge < -0.3 is 0 Å². The van der Waals surface area contributed by atoms with E-state index in [4.69, 9.17) is 0 Å². The smallest absolute Gasteiger partial charge is 0 e.